The van der Waals surface area contributed by atoms with Crippen LogP contribution in [0.5, 0.6) is 5.75 Å². The molecule has 1 heterocycles. The predicted molar refractivity (Wildman–Crippen MR) is 54.7 cm³/mol. The first-order valence-electron chi connectivity index (χ1n) is 4.86. The quantitative estimate of drug-likeness (QED) is 0.694. The summed E-state index contributed by atoms with van der Waals surface area (Å²) in [5, 5.41) is 3.09. The van der Waals surface area contributed by atoms with Crippen LogP contribution in [-0.2, 0) is 9.53 Å². The lowest BCUT2D eigenvalue weighted by Crippen LogP contribution is -2.30. The molecule has 15 heavy (non-hydrogen) atoms. The van der Waals surface area contributed by atoms with Crippen molar-refractivity contribution in [2.45, 2.75) is 6.04 Å². The van der Waals surface area contributed by atoms with Crippen LogP contribution in [0.15, 0.2) is 24.3 Å². The fraction of sp³-hybridized carbons (Fsp3) is 0.364. The molecule has 0 aromatic heterocycles. The third kappa shape index (κ3) is 1.94. The second kappa shape index (κ2) is 4.31. The number of nitrogens with one attached hydrogen (secondary N) is 1. The highest BCUT2D eigenvalue weighted by Gasteiger charge is 2.25. The fourth-order valence-corrected chi connectivity index (χ4v) is 1.65. The van der Waals surface area contributed by atoms with Crippen molar-refractivity contribution < 1.29 is 14.3 Å². The Bertz CT molecular complexity index is 365. The second-order valence-corrected chi connectivity index (χ2v) is 3.30. The van der Waals surface area contributed by atoms with Gasteiger partial charge in [0.25, 0.3) is 0 Å². The zero-order valence-corrected chi connectivity index (χ0v) is 8.53. The fourth-order valence-electron chi connectivity index (χ4n) is 1.65. The van der Waals surface area contributed by atoms with Crippen molar-refractivity contribution in [3.05, 3.63) is 29.8 Å². The minimum absolute atomic E-state index is 0.284. The smallest absolute Gasteiger partial charge is 0.327 e. The minimum atomic E-state index is -0.423. The Hall–Kier alpha value is -1.55. The van der Waals surface area contributed by atoms with E-state index < -0.39 is 6.04 Å². The van der Waals surface area contributed by atoms with E-state index in [4.69, 9.17) is 9.47 Å². The van der Waals surface area contributed by atoms with Gasteiger partial charge in [0.15, 0.2) is 0 Å². The summed E-state index contributed by atoms with van der Waals surface area (Å²) in [4.78, 5) is 11.5. The first-order valence-corrected chi connectivity index (χ1v) is 4.86. The van der Waals surface area contributed by atoms with Crippen molar-refractivity contribution >= 4 is 5.97 Å². The molecule has 1 aliphatic rings. The van der Waals surface area contributed by atoms with Crippen LogP contribution in [0.2, 0.25) is 0 Å². The number of methoxy groups -OCH3 is 1. The number of fused-ring (bicyclic) bond motifs is 1. The maximum atomic E-state index is 11.5. The molecule has 4 heteroatoms. The van der Waals surface area contributed by atoms with Gasteiger partial charge in [0, 0.05) is 12.1 Å². The lowest BCUT2D eigenvalue weighted by Gasteiger charge is -2.14. The summed E-state index contributed by atoms with van der Waals surface area (Å²) in [5.74, 6) is 0.464. The summed E-state index contributed by atoms with van der Waals surface area (Å²) in [6.45, 7) is 1.19. The van der Waals surface area contributed by atoms with Gasteiger partial charge >= 0.3 is 5.97 Å². The Morgan fingerprint density at radius 3 is 3.13 bits per heavy atom. The average Bonchev–Trinajstić information content (AvgIpc) is 2.50. The Morgan fingerprint density at radius 2 is 2.33 bits per heavy atom. The van der Waals surface area contributed by atoms with E-state index in [1.165, 1.54) is 7.11 Å². The number of para-hydroxylation sites is 1. The molecule has 0 aliphatic carbocycles. The van der Waals surface area contributed by atoms with Crippen molar-refractivity contribution in [3.8, 4) is 5.75 Å². The van der Waals surface area contributed by atoms with Crippen molar-refractivity contribution in [2.75, 3.05) is 20.3 Å². The summed E-state index contributed by atoms with van der Waals surface area (Å²) >= 11 is 0. The van der Waals surface area contributed by atoms with Gasteiger partial charge in [-0.3, -0.25) is 5.32 Å². The number of carbonyl (C=O) groups excluding carboxylic acids is 1. The van der Waals surface area contributed by atoms with Crippen LogP contribution >= 0.6 is 0 Å². The number of carbonyl (C=O) groups is 1. The van der Waals surface area contributed by atoms with Gasteiger partial charge in [0.05, 0.1) is 7.11 Å². The molecular formula is C11H13NO3. The molecule has 4 nitrogen and oxygen atoms in total. The summed E-state index contributed by atoms with van der Waals surface area (Å²) < 4.78 is 10.2. The molecule has 1 atom stereocenters. The molecule has 0 fully saturated rings. The van der Waals surface area contributed by atoms with E-state index in [2.05, 4.69) is 5.32 Å². The van der Waals surface area contributed by atoms with Gasteiger partial charge in [-0.25, -0.2) is 4.79 Å². The third-order valence-corrected chi connectivity index (χ3v) is 2.37. The maximum Gasteiger partial charge on any atom is 0.327 e. The van der Waals surface area contributed by atoms with E-state index in [-0.39, 0.29) is 5.97 Å². The minimum Gasteiger partial charge on any atom is -0.492 e. The Morgan fingerprint density at radius 1 is 1.53 bits per heavy atom. The average molecular weight is 207 g/mol. The second-order valence-electron chi connectivity index (χ2n) is 3.30. The summed E-state index contributed by atoms with van der Waals surface area (Å²) in [5.41, 5.74) is 0.835. The third-order valence-electron chi connectivity index (χ3n) is 2.37. The van der Waals surface area contributed by atoms with Gasteiger partial charge in [-0.15, -0.1) is 0 Å². The van der Waals surface area contributed by atoms with E-state index in [1.807, 2.05) is 24.3 Å². The molecule has 1 aliphatic heterocycles. The molecule has 2 rings (SSSR count). The predicted octanol–water partition coefficient (Wildman–Crippen LogP) is 0.883. The first-order chi connectivity index (χ1) is 7.33. The Labute approximate surface area is 88.2 Å². The van der Waals surface area contributed by atoms with Gasteiger partial charge in [0.1, 0.15) is 18.4 Å². The van der Waals surface area contributed by atoms with Crippen LogP contribution in [0.4, 0.5) is 0 Å². The molecule has 0 amide bonds. The van der Waals surface area contributed by atoms with Crippen LogP contribution in [0.1, 0.15) is 11.6 Å². The molecule has 0 bridgehead atoms. The van der Waals surface area contributed by atoms with E-state index in [0.29, 0.717) is 13.2 Å². The lowest BCUT2D eigenvalue weighted by molar-refractivity contribution is -0.143. The van der Waals surface area contributed by atoms with Gasteiger partial charge in [-0.1, -0.05) is 18.2 Å². The van der Waals surface area contributed by atoms with E-state index in [9.17, 15) is 4.79 Å². The van der Waals surface area contributed by atoms with E-state index >= 15 is 0 Å². The Balaban J connectivity index is 2.37. The van der Waals surface area contributed by atoms with E-state index in [1.54, 1.807) is 0 Å². The SMILES string of the molecule is COC(=O)[C@H]1NCCOc2ccccc21. The van der Waals surface area contributed by atoms with Gasteiger partial charge < -0.3 is 9.47 Å². The number of benzene rings is 1. The van der Waals surface area contributed by atoms with Gasteiger partial charge in [-0.05, 0) is 6.07 Å². The normalized spacial score (nSPS) is 19.7. The molecule has 1 N–H and O–H groups in total. The number of esters is 1. The first kappa shape index (κ1) is 9.98. The summed E-state index contributed by atoms with van der Waals surface area (Å²) in [7, 11) is 1.39. The van der Waals surface area contributed by atoms with Crippen LogP contribution < -0.4 is 10.1 Å². The molecule has 0 radical (unpaired) electrons. The largest absolute Gasteiger partial charge is 0.492 e. The van der Waals surface area contributed by atoms with E-state index in [0.717, 1.165) is 11.3 Å². The molecule has 80 valence electrons. The Kier molecular flexibility index (Phi) is 2.87. The number of ether oxygens (including phenoxy) is 2. The van der Waals surface area contributed by atoms with Crippen molar-refractivity contribution in [2.24, 2.45) is 0 Å². The zero-order valence-electron chi connectivity index (χ0n) is 8.53. The number of rotatable bonds is 1. The highest BCUT2D eigenvalue weighted by atomic mass is 16.5. The highest BCUT2D eigenvalue weighted by molar-refractivity contribution is 5.78. The molecule has 0 saturated carbocycles. The molecule has 0 unspecified atom stereocenters. The molecule has 1 aromatic rings. The summed E-state index contributed by atoms with van der Waals surface area (Å²) in [6.07, 6.45) is 0. The zero-order chi connectivity index (χ0) is 10.7. The van der Waals surface area contributed by atoms with Crippen LogP contribution in [0.25, 0.3) is 0 Å². The van der Waals surface area contributed by atoms with Crippen molar-refractivity contribution in [1.29, 1.82) is 0 Å². The van der Waals surface area contributed by atoms with Gasteiger partial charge in [0.2, 0.25) is 0 Å². The topological polar surface area (TPSA) is 47.6 Å². The molecule has 0 spiro atoms. The van der Waals surface area contributed by atoms with Gasteiger partial charge in [-0.2, -0.15) is 0 Å². The van der Waals surface area contributed by atoms with Crippen LogP contribution in [0.3, 0.4) is 0 Å². The molecule has 1 aromatic carbocycles. The number of hydrogen-bond acceptors (Lipinski definition) is 4. The highest BCUT2D eigenvalue weighted by Crippen LogP contribution is 2.27. The van der Waals surface area contributed by atoms with Crippen molar-refractivity contribution in [1.82, 2.24) is 5.32 Å². The standard InChI is InChI=1S/C11H13NO3/c1-14-11(13)10-8-4-2-3-5-9(8)15-7-6-12-10/h2-5,10,12H,6-7H2,1H3/t10-/m0/s1. The number of hydrogen-bond donors (Lipinski definition) is 1. The molecule has 0 saturated heterocycles. The maximum absolute atomic E-state index is 11.5. The lowest BCUT2D eigenvalue weighted by atomic mass is 10.1. The van der Waals surface area contributed by atoms with Crippen molar-refractivity contribution in [3.63, 3.8) is 0 Å². The summed E-state index contributed by atoms with van der Waals surface area (Å²) in [6, 6.07) is 7.07. The monoisotopic (exact) mass is 207 g/mol. The van der Waals surface area contributed by atoms with Crippen LogP contribution in [0, 0.1) is 0 Å². The van der Waals surface area contributed by atoms with Crippen LogP contribution in [-0.4, -0.2) is 26.2 Å². The molecular weight excluding hydrogens is 194 g/mol.